The Hall–Kier alpha value is -8.81. The van der Waals surface area contributed by atoms with Gasteiger partial charge in [-0.3, -0.25) is 14.4 Å². The minimum absolute atomic E-state index is 0.263. The number of pyridine rings is 3. The molecule has 12 rings (SSSR count). The SMILES string of the molecule is CC(C)(C)c1cc(N(c2cc(C(C)(C)C)cc(C(C)(C)C)c2)c2cc3c(=O)c4cc(N(c5cc(C(C)(C)C)cc(C(C)(C)C)c5)c5cc(C(C)(C)C)cc(C(C)(C)C)c5)cc5c(=O)c6cc(N(c7cc(C(C)(C)C)cc(C(C)(C)C)c7)c7cc(C(C)(C)C)cc(C(C)(C)C)c7)cc7c(=O)c(c2)c3n(c45)c76)cc(C(C)(C)C)c1. The van der Waals surface area contributed by atoms with Crippen molar-refractivity contribution in [3.63, 3.8) is 0 Å². The van der Waals surface area contributed by atoms with Gasteiger partial charge in [0, 0.05) is 83.5 Å². The van der Waals surface area contributed by atoms with Crippen LogP contribution in [0.4, 0.5) is 51.2 Å². The Balaban J connectivity index is 1.36. The number of rotatable bonds is 9. The maximum absolute atomic E-state index is 17.4. The normalized spacial score (nSPS) is 13.8. The minimum atomic E-state index is -0.264. The molecule has 9 aromatic carbocycles. The van der Waals surface area contributed by atoms with Gasteiger partial charge in [-0.2, -0.15) is 0 Å². The smallest absolute Gasteiger partial charge is 0.197 e. The highest BCUT2D eigenvalue weighted by atomic mass is 16.1. The molecular weight excluding hydrogens is 1370 g/mol. The number of benzene rings is 9. The summed E-state index contributed by atoms with van der Waals surface area (Å²) in [5.41, 5.74) is 19.1. The van der Waals surface area contributed by atoms with Gasteiger partial charge in [0.25, 0.3) is 0 Å². The summed E-state index contributed by atoms with van der Waals surface area (Å²) < 4.78 is 2.15. The molecule has 7 heteroatoms. The van der Waals surface area contributed by atoms with Crippen LogP contribution in [-0.4, -0.2) is 4.40 Å². The molecule has 3 heterocycles. The molecule has 590 valence electrons. The Labute approximate surface area is 672 Å². The van der Waals surface area contributed by atoms with Crippen molar-refractivity contribution in [1.82, 2.24) is 4.40 Å². The fourth-order valence-electron chi connectivity index (χ4n) is 15.8. The molecule has 0 spiro atoms. The molecule has 7 nitrogen and oxygen atoms in total. The molecule has 0 unspecified atom stereocenters. The molecule has 12 aromatic rings. The topological polar surface area (TPSA) is 65.3 Å². The van der Waals surface area contributed by atoms with E-state index in [-0.39, 0.29) is 81.3 Å². The number of anilines is 9. The van der Waals surface area contributed by atoms with E-state index in [0.29, 0.717) is 65.9 Å². The monoisotopic (exact) mass is 1500 g/mol. The van der Waals surface area contributed by atoms with Gasteiger partial charge in [-0.15, -0.1) is 0 Å². The van der Waals surface area contributed by atoms with Crippen LogP contribution in [0.5, 0.6) is 0 Å². The Kier molecular flexibility index (Phi) is 19.7. The van der Waals surface area contributed by atoms with E-state index >= 15 is 14.4 Å². The molecule has 0 aliphatic heterocycles. The van der Waals surface area contributed by atoms with Gasteiger partial charge in [-0.25, -0.2) is 0 Å². The van der Waals surface area contributed by atoms with E-state index in [0.717, 1.165) is 34.1 Å². The molecule has 0 atom stereocenters. The second-order valence-electron chi connectivity index (χ2n) is 45.6. The first-order valence-corrected chi connectivity index (χ1v) is 41.2. The van der Waals surface area contributed by atoms with Crippen molar-refractivity contribution in [3.05, 3.63) is 243 Å². The lowest BCUT2D eigenvalue weighted by Crippen LogP contribution is -2.24. The molecule has 0 radical (unpaired) electrons. The summed E-state index contributed by atoms with van der Waals surface area (Å²) in [5, 5.41) is 2.29. The number of hydrogen-bond donors (Lipinski definition) is 0. The second-order valence-corrected chi connectivity index (χ2v) is 45.6. The highest BCUT2D eigenvalue weighted by molar-refractivity contribution is 6.19. The maximum Gasteiger partial charge on any atom is 0.197 e. The average Bonchev–Trinajstić information content (AvgIpc) is 0.678. The van der Waals surface area contributed by atoms with Crippen molar-refractivity contribution in [2.75, 3.05) is 14.7 Å². The van der Waals surface area contributed by atoms with Crippen molar-refractivity contribution >= 4 is 100 Å². The number of aromatic nitrogens is 1. The first-order chi connectivity index (χ1) is 50.8. The summed E-state index contributed by atoms with van der Waals surface area (Å²) >= 11 is 0. The zero-order chi connectivity index (χ0) is 83.3. The van der Waals surface area contributed by atoms with Crippen LogP contribution in [0.25, 0.3) is 48.9 Å². The summed E-state index contributed by atoms with van der Waals surface area (Å²) in [6, 6.07) is 54.4. The quantitative estimate of drug-likeness (QED) is 0.106. The molecule has 0 amide bonds. The fourth-order valence-corrected chi connectivity index (χ4v) is 15.8. The Morgan fingerprint density at radius 3 is 0.357 bits per heavy atom. The standard InChI is InChI=1S/C105H132N4O3/c1-94(2,3)61-37-62(95(4,5)6)44-73(43-61)106(74-45-63(96(7,8)9)38-64(46-74)97(10,11)12)79-55-82-88-83(56-79)92(111)85-58-81(108(77-51-69(102(25,26)27)41-70(52-77)103(28,29)30)78-53-71(104(31,32)33)42-72(54-78)105(34,35)36)60-87-90(85)109(88)89-84(91(82)110)57-80(59-86(89)93(87)112)107(75-47-65(98(13,14)15)39-66(48-75)99(16,17)18)76-49-67(100(19,20)21)40-68(50-76)101(22,23)24/h37-60H,1-36H3. The zero-order valence-electron chi connectivity index (χ0n) is 75.4. The third kappa shape index (κ3) is 15.6. The molecule has 112 heavy (non-hydrogen) atoms. The lowest BCUT2D eigenvalue weighted by Gasteiger charge is -2.34. The lowest BCUT2D eigenvalue weighted by atomic mass is 9.79. The first kappa shape index (κ1) is 82.6. The summed E-state index contributed by atoms with van der Waals surface area (Å²) in [6.45, 7) is 81.9. The number of nitrogens with zero attached hydrogens (tertiary/aromatic N) is 4. The number of hydrogen-bond acceptors (Lipinski definition) is 6. The zero-order valence-corrected chi connectivity index (χ0v) is 75.4. The van der Waals surface area contributed by atoms with Gasteiger partial charge in [-0.1, -0.05) is 286 Å². The van der Waals surface area contributed by atoms with Crippen molar-refractivity contribution in [2.24, 2.45) is 0 Å². The molecule has 0 N–H and O–H groups in total. The fraction of sp³-hybridized carbons (Fsp3) is 0.457. The maximum atomic E-state index is 17.4. The van der Waals surface area contributed by atoms with E-state index in [4.69, 9.17) is 0 Å². The van der Waals surface area contributed by atoms with Gasteiger partial charge in [-0.05, 0) is 241 Å². The third-order valence-corrected chi connectivity index (χ3v) is 23.6. The van der Waals surface area contributed by atoms with Crippen LogP contribution < -0.4 is 31.0 Å². The van der Waals surface area contributed by atoms with Gasteiger partial charge in [0.05, 0.1) is 16.6 Å². The van der Waals surface area contributed by atoms with E-state index in [1.807, 2.05) is 0 Å². The highest BCUT2D eigenvalue weighted by Gasteiger charge is 2.36. The van der Waals surface area contributed by atoms with Crippen LogP contribution in [0, 0.1) is 0 Å². The van der Waals surface area contributed by atoms with Gasteiger partial charge in [0.1, 0.15) is 0 Å². The molecule has 0 fully saturated rings. The third-order valence-electron chi connectivity index (χ3n) is 23.6. The van der Waals surface area contributed by atoms with Crippen LogP contribution in [0.3, 0.4) is 0 Å². The van der Waals surface area contributed by atoms with Crippen LogP contribution in [0.1, 0.15) is 316 Å². The van der Waals surface area contributed by atoms with Crippen LogP contribution in [0.2, 0.25) is 0 Å². The summed E-state index contributed by atoms with van der Waals surface area (Å²) in [4.78, 5) is 59.1. The summed E-state index contributed by atoms with van der Waals surface area (Å²) in [6.07, 6.45) is 0. The summed E-state index contributed by atoms with van der Waals surface area (Å²) in [5.74, 6) is 0. The van der Waals surface area contributed by atoms with Gasteiger partial charge >= 0.3 is 0 Å². The minimum Gasteiger partial charge on any atom is -0.310 e. The largest absolute Gasteiger partial charge is 0.310 e. The van der Waals surface area contributed by atoms with Gasteiger partial charge in [0.2, 0.25) is 0 Å². The van der Waals surface area contributed by atoms with Crippen molar-refractivity contribution in [3.8, 4) is 0 Å². The Bertz CT molecular complexity index is 4790. The van der Waals surface area contributed by atoms with Crippen LogP contribution in [0.15, 0.2) is 160 Å². The first-order valence-electron chi connectivity index (χ1n) is 41.2. The molecule has 0 saturated heterocycles. The highest BCUT2D eigenvalue weighted by Crippen LogP contribution is 2.51. The molecular formula is C105H132N4O3. The van der Waals surface area contributed by atoms with E-state index in [1.165, 1.54) is 66.8 Å². The second kappa shape index (κ2) is 26.6. The predicted octanol–water partition coefficient (Wildman–Crippen LogP) is 28.9. The van der Waals surface area contributed by atoms with Crippen molar-refractivity contribution < 1.29 is 0 Å². The van der Waals surface area contributed by atoms with Gasteiger partial charge < -0.3 is 19.1 Å². The molecule has 0 aliphatic carbocycles. The van der Waals surface area contributed by atoms with E-state index in [1.54, 1.807) is 0 Å². The van der Waals surface area contributed by atoms with Crippen molar-refractivity contribution in [2.45, 2.75) is 314 Å². The lowest BCUT2D eigenvalue weighted by molar-refractivity contribution is 0.567. The Morgan fingerprint density at radius 2 is 0.259 bits per heavy atom. The van der Waals surface area contributed by atoms with Crippen LogP contribution >= 0.6 is 0 Å². The van der Waals surface area contributed by atoms with Gasteiger partial charge in [0.15, 0.2) is 16.3 Å². The molecule has 0 saturated carbocycles. The molecule has 3 aromatic heterocycles. The predicted molar refractivity (Wildman–Crippen MR) is 488 cm³/mol. The van der Waals surface area contributed by atoms with E-state index in [2.05, 4.69) is 414 Å². The Morgan fingerprint density at radius 1 is 0.161 bits per heavy atom. The average molecular weight is 1500 g/mol. The van der Waals surface area contributed by atoms with E-state index < -0.39 is 0 Å². The molecule has 0 bridgehead atoms. The van der Waals surface area contributed by atoms with Crippen LogP contribution in [-0.2, 0) is 65.0 Å². The van der Waals surface area contributed by atoms with Crippen molar-refractivity contribution in [1.29, 1.82) is 0 Å². The summed E-state index contributed by atoms with van der Waals surface area (Å²) in [7, 11) is 0. The molecule has 0 aliphatic rings. The van der Waals surface area contributed by atoms with E-state index in [9.17, 15) is 0 Å².